The maximum Gasteiger partial charge on any atom is 0.139 e. The molecular weight excluding hydrogens is 331 g/mol. The Bertz CT molecular complexity index is 304. The van der Waals surface area contributed by atoms with E-state index >= 15 is 0 Å². The first-order valence-electron chi connectivity index (χ1n) is 4.27. The second kappa shape index (κ2) is 5.99. The van der Waals surface area contributed by atoms with Crippen LogP contribution in [0.4, 0.5) is 0 Å². The minimum absolute atomic E-state index is 0.477. The molecule has 0 fully saturated rings. The zero-order valence-corrected chi connectivity index (χ0v) is 11.7. The highest BCUT2D eigenvalue weighted by atomic mass is 79.9. The van der Waals surface area contributed by atoms with E-state index in [9.17, 15) is 0 Å². The van der Waals surface area contributed by atoms with Crippen LogP contribution in [0.25, 0.3) is 0 Å². The highest BCUT2D eigenvalue weighted by Gasteiger charge is 2.05. The fraction of sp³-hybridized carbons (Fsp3) is 0.400. The van der Waals surface area contributed by atoms with Crippen LogP contribution in [-0.2, 0) is 0 Å². The summed E-state index contributed by atoms with van der Waals surface area (Å²) >= 11 is 12.7. The monoisotopic (exact) mass is 340 g/mol. The molecule has 1 unspecified atom stereocenters. The molecule has 1 rings (SSSR count). The Hall–Kier alpha value is 0.270. The van der Waals surface area contributed by atoms with Crippen LogP contribution in [0, 0.1) is 5.92 Å². The summed E-state index contributed by atoms with van der Waals surface area (Å²) in [6, 6.07) is 5.59. The highest BCUT2D eigenvalue weighted by Crippen LogP contribution is 2.28. The van der Waals surface area contributed by atoms with Crippen LogP contribution in [0.15, 0.2) is 22.7 Å². The summed E-state index contributed by atoms with van der Waals surface area (Å²) in [5.74, 6) is 1.21. The van der Waals surface area contributed by atoms with Gasteiger partial charge in [0.1, 0.15) is 5.75 Å². The van der Waals surface area contributed by atoms with Crippen molar-refractivity contribution in [2.45, 2.75) is 6.92 Å². The van der Waals surface area contributed by atoms with E-state index in [0.29, 0.717) is 17.5 Å². The standard InChI is InChI=1S/C10H11Br2ClO/c1-7(5-11)6-14-10-4-8(12)2-3-9(10)13/h2-4,7H,5-6H2,1H3. The van der Waals surface area contributed by atoms with Gasteiger partial charge in [-0.15, -0.1) is 0 Å². The number of rotatable bonds is 4. The number of ether oxygens (including phenoxy) is 1. The molecule has 0 radical (unpaired) electrons. The van der Waals surface area contributed by atoms with Gasteiger partial charge in [-0.3, -0.25) is 0 Å². The molecule has 0 heterocycles. The number of halogens is 3. The summed E-state index contributed by atoms with van der Waals surface area (Å²) in [5, 5.41) is 1.58. The quantitative estimate of drug-likeness (QED) is 0.732. The van der Waals surface area contributed by atoms with Gasteiger partial charge in [0.05, 0.1) is 11.6 Å². The molecular formula is C10H11Br2ClO. The lowest BCUT2D eigenvalue weighted by Crippen LogP contribution is -2.09. The molecule has 0 spiro atoms. The minimum Gasteiger partial charge on any atom is -0.492 e. The molecule has 1 aromatic carbocycles. The van der Waals surface area contributed by atoms with Gasteiger partial charge in [-0.2, -0.15) is 0 Å². The molecule has 1 aromatic rings. The molecule has 0 amide bonds. The maximum absolute atomic E-state index is 5.97. The first kappa shape index (κ1) is 12.3. The number of benzene rings is 1. The van der Waals surface area contributed by atoms with E-state index in [0.717, 1.165) is 15.6 Å². The van der Waals surface area contributed by atoms with E-state index in [-0.39, 0.29) is 0 Å². The topological polar surface area (TPSA) is 9.23 Å². The average molecular weight is 342 g/mol. The van der Waals surface area contributed by atoms with Gasteiger partial charge < -0.3 is 4.74 Å². The summed E-state index contributed by atoms with van der Waals surface area (Å²) in [6.45, 7) is 2.78. The van der Waals surface area contributed by atoms with Gasteiger partial charge in [0.25, 0.3) is 0 Å². The van der Waals surface area contributed by atoms with Crippen molar-refractivity contribution in [1.29, 1.82) is 0 Å². The van der Waals surface area contributed by atoms with Crippen LogP contribution >= 0.6 is 43.5 Å². The van der Waals surface area contributed by atoms with Crippen LogP contribution in [0.1, 0.15) is 6.92 Å². The molecule has 0 aliphatic carbocycles. The fourth-order valence-corrected chi connectivity index (χ4v) is 1.56. The smallest absolute Gasteiger partial charge is 0.139 e. The molecule has 0 saturated heterocycles. The Morgan fingerprint density at radius 3 is 2.86 bits per heavy atom. The number of hydrogen-bond acceptors (Lipinski definition) is 1. The molecule has 4 heteroatoms. The lowest BCUT2D eigenvalue weighted by atomic mass is 10.2. The first-order valence-corrected chi connectivity index (χ1v) is 6.56. The molecule has 0 bridgehead atoms. The second-order valence-corrected chi connectivity index (χ2v) is 5.12. The summed E-state index contributed by atoms with van der Waals surface area (Å²) in [4.78, 5) is 0. The van der Waals surface area contributed by atoms with Crippen molar-refractivity contribution in [1.82, 2.24) is 0 Å². The third kappa shape index (κ3) is 3.79. The zero-order valence-electron chi connectivity index (χ0n) is 7.77. The molecule has 1 nitrogen and oxygen atoms in total. The zero-order chi connectivity index (χ0) is 10.6. The summed E-state index contributed by atoms with van der Waals surface area (Å²) in [5.41, 5.74) is 0. The summed E-state index contributed by atoms with van der Waals surface area (Å²) < 4.78 is 6.55. The van der Waals surface area contributed by atoms with E-state index in [4.69, 9.17) is 16.3 Å². The van der Waals surface area contributed by atoms with Crippen molar-refractivity contribution in [3.8, 4) is 5.75 Å². The van der Waals surface area contributed by atoms with Gasteiger partial charge in [-0.1, -0.05) is 50.4 Å². The third-order valence-electron chi connectivity index (χ3n) is 1.68. The van der Waals surface area contributed by atoms with E-state index in [1.165, 1.54) is 0 Å². The average Bonchev–Trinajstić information content (AvgIpc) is 2.19. The van der Waals surface area contributed by atoms with Gasteiger partial charge in [0.2, 0.25) is 0 Å². The van der Waals surface area contributed by atoms with E-state index in [1.54, 1.807) is 0 Å². The lowest BCUT2D eigenvalue weighted by Gasteiger charge is -2.11. The molecule has 0 saturated carbocycles. The SMILES string of the molecule is CC(CBr)COc1cc(Br)ccc1Cl. The van der Waals surface area contributed by atoms with Gasteiger partial charge in [0, 0.05) is 9.80 Å². The Labute approximate surface area is 106 Å². The second-order valence-electron chi connectivity index (χ2n) is 3.15. The van der Waals surface area contributed by atoms with Crippen molar-refractivity contribution in [2.75, 3.05) is 11.9 Å². The van der Waals surface area contributed by atoms with Crippen LogP contribution in [0.2, 0.25) is 5.02 Å². The molecule has 0 aliphatic heterocycles. The van der Waals surface area contributed by atoms with E-state index < -0.39 is 0 Å². The minimum atomic E-state index is 0.477. The third-order valence-corrected chi connectivity index (χ3v) is 3.59. The van der Waals surface area contributed by atoms with Crippen LogP contribution in [0.5, 0.6) is 5.75 Å². The largest absolute Gasteiger partial charge is 0.492 e. The molecule has 14 heavy (non-hydrogen) atoms. The van der Waals surface area contributed by atoms with E-state index in [1.807, 2.05) is 18.2 Å². The van der Waals surface area contributed by atoms with Crippen LogP contribution in [0.3, 0.4) is 0 Å². The van der Waals surface area contributed by atoms with Crippen LogP contribution in [-0.4, -0.2) is 11.9 Å². The van der Waals surface area contributed by atoms with Gasteiger partial charge in [0.15, 0.2) is 0 Å². The fourth-order valence-electron chi connectivity index (χ4n) is 0.864. The van der Waals surface area contributed by atoms with Crippen molar-refractivity contribution in [2.24, 2.45) is 5.92 Å². The van der Waals surface area contributed by atoms with Gasteiger partial charge >= 0.3 is 0 Å². The van der Waals surface area contributed by atoms with Crippen molar-refractivity contribution in [3.63, 3.8) is 0 Å². The molecule has 0 aliphatic rings. The predicted molar refractivity (Wildman–Crippen MR) is 67.6 cm³/mol. The van der Waals surface area contributed by atoms with Gasteiger partial charge in [-0.05, 0) is 24.1 Å². The molecule has 0 N–H and O–H groups in total. The van der Waals surface area contributed by atoms with E-state index in [2.05, 4.69) is 38.8 Å². The van der Waals surface area contributed by atoms with Crippen LogP contribution < -0.4 is 4.74 Å². The summed E-state index contributed by atoms with van der Waals surface area (Å²) in [7, 11) is 0. The Morgan fingerprint density at radius 2 is 2.21 bits per heavy atom. The Kier molecular flexibility index (Phi) is 5.28. The maximum atomic E-state index is 5.97. The normalized spacial score (nSPS) is 12.6. The predicted octanol–water partition coefficient (Wildman–Crippen LogP) is 4.51. The van der Waals surface area contributed by atoms with Crippen molar-refractivity contribution < 1.29 is 4.74 Å². The highest BCUT2D eigenvalue weighted by molar-refractivity contribution is 9.10. The lowest BCUT2D eigenvalue weighted by molar-refractivity contribution is 0.274. The van der Waals surface area contributed by atoms with Crippen molar-refractivity contribution >= 4 is 43.5 Å². The molecule has 78 valence electrons. The van der Waals surface area contributed by atoms with Gasteiger partial charge in [-0.25, -0.2) is 0 Å². The molecule has 0 aromatic heterocycles. The number of hydrogen-bond donors (Lipinski definition) is 0. The van der Waals surface area contributed by atoms with Crippen molar-refractivity contribution in [3.05, 3.63) is 27.7 Å². The first-order chi connectivity index (χ1) is 6.63. The number of alkyl halides is 1. The summed E-state index contributed by atoms with van der Waals surface area (Å²) in [6.07, 6.45) is 0. The Morgan fingerprint density at radius 1 is 1.50 bits per heavy atom. The molecule has 1 atom stereocenters. The Balaban J connectivity index is 2.62.